The Labute approximate surface area is 176 Å². The number of amides is 1. The van der Waals surface area contributed by atoms with Crippen molar-refractivity contribution < 1.29 is 14.3 Å². The summed E-state index contributed by atoms with van der Waals surface area (Å²) < 4.78 is 4.79. The Morgan fingerprint density at radius 3 is 2.23 bits per heavy atom. The van der Waals surface area contributed by atoms with Gasteiger partial charge >= 0.3 is 5.97 Å². The van der Waals surface area contributed by atoms with Crippen LogP contribution in [0.1, 0.15) is 72.4 Å². The zero-order valence-electron chi connectivity index (χ0n) is 17.7. The van der Waals surface area contributed by atoms with E-state index in [1.54, 1.807) is 12.1 Å². The van der Waals surface area contributed by atoms with E-state index in [4.69, 9.17) is 10.3 Å². The summed E-state index contributed by atoms with van der Waals surface area (Å²) in [7, 11) is 0. The molecule has 1 amide bonds. The lowest BCUT2D eigenvalue weighted by Crippen LogP contribution is -2.33. The number of carbonyl (C=O) groups is 2. The van der Waals surface area contributed by atoms with Crippen LogP contribution in [0.4, 0.5) is 5.69 Å². The van der Waals surface area contributed by atoms with E-state index in [9.17, 15) is 9.59 Å². The van der Waals surface area contributed by atoms with Crippen molar-refractivity contribution in [1.82, 2.24) is 0 Å². The molecule has 30 heavy (non-hydrogen) atoms. The minimum atomic E-state index is -0.617. The van der Waals surface area contributed by atoms with Crippen LogP contribution in [-0.4, -0.2) is 18.6 Å². The molecule has 0 aliphatic heterocycles. The molecule has 0 atom stereocenters. The predicted octanol–water partition coefficient (Wildman–Crippen LogP) is 5.71. The third kappa shape index (κ3) is 4.47. The van der Waals surface area contributed by atoms with Gasteiger partial charge in [0.15, 0.2) is 6.73 Å². The molecule has 2 aromatic rings. The highest BCUT2D eigenvalue weighted by molar-refractivity contribution is 6.04. The van der Waals surface area contributed by atoms with E-state index >= 15 is 0 Å². The van der Waals surface area contributed by atoms with Gasteiger partial charge in [-0.3, -0.25) is 4.79 Å². The number of hydrogen-bond donors (Lipinski definition) is 1. The van der Waals surface area contributed by atoms with Crippen molar-refractivity contribution in [3.05, 3.63) is 75.2 Å². The van der Waals surface area contributed by atoms with Gasteiger partial charge < -0.3 is 10.1 Å². The number of nitrogens with zero attached hydrogens (tertiary/aromatic N) is 3. The molecule has 0 spiro atoms. The number of ether oxygens (including phenoxy) is 1. The molecule has 7 nitrogen and oxygen atoms in total. The average molecular weight is 406 g/mol. The topological polar surface area (TPSA) is 104 Å². The second kappa shape index (κ2) is 8.20. The number of hydrogen-bond acceptors (Lipinski definition) is 4. The van der Waals surface area contributed by atoms with E-state index in [2.05, 4.69) is 55.2 Å². The molecule has 0 saturated heterocycles. The van der Waals surface area contributed by atoms with Gasteiger partial charge in [-0.1, -0.05) is 38.9 Å². The molecule has 1 aliphatic rings. The number of azide groups is 1. The monoisotopic (exact) mass is 406 g/mol. The van der Waals surface area contributed by atoms with Crippen molar-refractivity contribution in [1.29, 1.82) is 0 Å². The molecule has 0 heterocycles. The second-order valence-electron chi connectivity index (χ2n) is 8.85. The third-order valence-electron chi connectivity index (χ3n) is 5.81. The maximum atomic E-state index is 12.7. The highest BCUT2D eigenvalue weighted by atomic mass is 16.5. The van der Waals surface area contributed by atoms with Crippen LogP contribution >= 0.6 is 0 Å². The van der Waals surface area contributed by atoms with E-state index in [0.29, 0.717) is 5.56 Å². The zero-order chi connectivity index (χ0) is 21.9. The molecule has 1 aliphatic carbocycles. The van der Waals surface area contributed by atoms with Gasteiger partial charge in [0.25, 0.3) is 5.91 Å². The summed E-state index contributed by atoms with van der Waals surface area (Å²) in [5, 5.41) is 6.11. The molecular weight excluding hydrogens is 380 g/mol. The molecule has 3 rings (SSSR count). The molecule has 156 valence electrons. The van der Waals surface area contributed by atoms with Gasteiger partial charge in [0.05, 0.1) is 5.56 Å². The predicted molar refractivity (Wildman–Crippen MR) is 116 cm³/mol. The molecule has 2 aromatic carbocycles. The first kappa shape index (κ1) is 21.4. The maximum absolute atomic E-state index is 12.7. The lowest BCUT2D eigenvalue weighted by atomic mass is 9.63. The Morgan fingerprint density at radius 1 is 1.00 bits per heavy atom. The summed E-state index contributed by atoms with van der Waals surface area (Å²) in [6.07, 6.45) is 2.23. The Hall–Kier alpha value is -3.31. The SMILES string of the molecule is CC1(C)CCC(C)(C)c2cc(NC(=O)c3ccc(C(=O)OCN=[N+]=[N-])cc3)ccc21. The smallest absolute Gasteiger partial charge is 0.338 e. The van der Waals surface area contributed by atoms with Crippen molar-refractivity contribution in [2.45, 2.75) is 51.4 Å². The van der Waals surface area contributed by atoms with Crippen molar-refractivity contribution in [2.75, 3.05) is 12.0 Å². The quantitative estimate of drug-likeness (QED) is 0.297. The van der Waals surface area contributed by atoms with Gasteiger partial charge in [-0.2, -0.15) is 0 Å². The van der Waals surface area contributed by atoms with Crippen LogP contribution in [0.5, 0.6) is 0 Å². The highest BCUT2D eigenvalue weighted by Gasteiger charge is 2.37. The second-order valence-corrected chi connectivity index (χ2v) is 8.85. The largest absolute Gasteiger partial charge is 0.456 e. The molecule has 0 unspecified atom stereocenters. The standard InChI is InChI=1S/C23H26N4O3/c1-22(2)11-12-23(3,4)19-13-17(9-10-18(19)22)26-20(28)15-5-7-16(8-6-15)21(29)30-14-25-27-24/h5-10,13H,11-12,14H2,1-4H3,(H,26,28). The van der Waals surface area contributed by atoms with Crippen molar-refractivity contribution >= 4 is 17.6 Å². The van der Waals surface area contributed by atoms with Crippen LogP contribution in [0.3, 0.4) is 0 Å². The number of anilines is 1. The summed E-state index contributed by atoms with van der Waals surface area (Å²) in [4.78, 5) is 27.0. The van der Waals surface area contributed by atoms with Crippen LogP contribution in [0.15, 0.2) is 47.6 Å². The zero-order valence-corrected chi connectivity index (χ0v) is 17.7. The Bertz CT molecular complexity index is 1020. The Balaban J connectivity index is 1.75. The lowest BCUT2D eigenvalue weighted by molar-refractivity contribution is 0.0515. The van der Waals surface area contributed by atoms with E-state index < -0.39 is 5.97 Å². The summed E-state index contributed by atoms with van der Waals surface area (Å²) in [6.45, 7) is 8.64. The van der Waals surface area contributed by atoms with E-state index in [0.717, 1.165) is 18.5 Å². The Morgan fingerprint density at radius 2 is 1.60 bits per heavy atom. The molecule has 0 aromatic heterocycles. The van der Waals surface area contributed by atoms with Gasteiger partial charge in [-0.15, -0.1) is 0 Å². The molecule has 0 saturated carbocycles. The van der Waals surface area contributed by atoms with Gasteiger partial charge in [0.1, 0.15) is 0 Å². The van der Waals surface area contributed by atoms with E-state index in [1.807, 2.05) is 6.07 Å². The third-order valence-corrected chi connectivity index (χ3v) is 5.81. The first-order chi connectivity index (χ1) is 14.1. The minimum absolute atomic E-state index is 0.0587. The first-order valence-corrected chi connectivity index (χ1v) is 9.88. The van der Waals surface area contributed by atoms with E-state index in [-0.39, 0.29) is 29.0 Å². The number of nitrogens with one attached hydrogen (secondary N) is 1. The van der Waals surface area contributed by atoms with Crippen molar-refractivity contribution in [2.24, 2.45) is 5.11 Å². The van der Waals surface area contributed by atoms with Crippen LogP contribution in [0.2, 0.25) is 0 Å². The van der Waals surface area contributed by atoms with Gasteiger partial charge in [0.2, 0.25) is 0 Å². The number of benzene rings is 2. The number of rotatable bonds is 5. The van der Waals surface area contributed by atoms with Gasteiger partial charge in [-0.25, -0.2) is 4.79 Å². The summed E-state index contributed by atoms with van der Waals surface area (Å²) >= 11 is 0. The molecule has 0 bridgehead atoms. The summed E-state index contributed by atoms with van der Waals surface area (Å²) in [6, 6.07) is 12.3. The first-order valence-electron chi connectivity index (χ1n) is 9.88. The van der Waals surface area contributed by atoms with E-state index in [1.165, 1.54) is 23.3 Å². The lowest BCUT2D eigenvalue weighted by Gasteiger charge is -2.42. The van der Waals surface area contributed by atoms with Gasteiger partial charge in [-0.05, 0) is 76.7 Å². The van der Waals surface area contributed by atoms with Crippen LogP contribution in [-0.2, 0) is 15.6 Å². The van der Waals surface area contributed by atoms with Crippen molar-refractivity contribution in [3.8, 4) is 0 Å². The van der Waals surface area contributed by atoms with Crippen molar-refractivity contribution in [3.63, 3.8) is 0 Å². The molecule has 1 N–H and O–H groups in total. The minimum Gasteiger partial charge on any atom is -0.456 e. The van der Waals surface area contributed by atoms with Crippen LogP contribution in [0.25, 0.3) is 10.4 Å². The molecular formula is C23H26N4O3. The fourth-order valence-corrected chi connectivity index (χ4v) is 3.82. The highest BCUT2D eigenvalue weighted by Crippen LogP contribution is 2.46. The number of carbonyl (C=O) groups excluding carboxylic acids is 2. The summed E-state index contributed by atoms with van der Waals surface area (Å²) in [5.74, 6) is -0.870. The fraction of sp³-hybridized carbons (Fsp3) is 0.391. The van der Waals surface area contributed by atoms with Gasteiger partial charge in [0, 0.05) is 16.2 Å². The number of esters is 1. The van der Waals surface area contributed by atoms with Crippen LogP contribution < -0.4 is 5.32 Å². The Kier molecular flexibility index (Phi) is 5.85. The molecule has 7 heteroatoms. The summed E-state index contributed by atoms with van der Waals surface area (Å²) in [5.41, 5.74) is 12.5. The normalized spacial score (nSPS) is 16.0. The molecule has 0 fully saturated rings. The number of fused-ring (bicyclic) bond motifs is 1. The average Bonchev–Trinajstić information content (AvgIpc) is 2.72. The maximum Gasteiger partial charge on any atom is 0.338 e. The fourth-order valence-electron chi connectivity index (χ4n) is 3.82. The molecule has 0 radical (unpaired) electrons. The van der Waals surface area contributed by atoms with Crippen LogP contribution in [0, 0.1) is 0 Å².